The highest BCUT2D eigenvalue weighted by molar-refractivity contribution is 5.30. The van der Waals surface area contributed by atoms with Gasteiger partial charge in [0.25, 0.3) is 6.43 Å². The van der Waals surface area contributed by atoms with Gasteiger partial charge in [-0.3, -0.25) is 5.10 Å². The Morgan fingerprint density at radius 1 is 1.53 bits per heavy atom. The number of aromatic nitrogens is 3. The van der Waals surface area contributed by atoms with E-state index >= 15 is 0 Å². The topological polar surface area (TPSA) is 66.1 Å². The van der Waals surface area contributed by atoms with Crippen molar-refractivity contribution in [1.29, 1.82) is 0 Å². The fourth-order valence-electron chi connectivity index (χ4n) is 1.99. The molecule has 2 N–H and O–H groups in total. The van der Waals surface area contributed by atoms with Gasteiger partial charge in [0, 0.05) is 32.1 Å². The lowest BCUT2D eigenvalue weighted by atomic mass is 10.2. The number of halogens is 2. The number of nitrogens with zero attached hydrogens (tertiary/aromatic N) is 3. The second kappa shape index (κ2) is 6.76. The van der Waals surface area contributed by atoms with Crippen LogP contribution < -0.4 is 10.2 Å². The van der Waals surface area contributed by atoms with Crippen molar-refractivity contribution in [3.63, 3.8) is 0 Å². The Morgan fingerprint density at radius 3 is 3.11 bits per heavy atom. The molecule has 1 saturated heterocycles. The van der Waals surface area contributed by atoms with Crippen molar-refractivity contribution < 1.29 is 13.5 Å². The molecule has 1 atom stereocenters. The quantitative estimate of drug-likeness (QED) is 0.737. The molecule has 1 aromatic heterocycles. The maximum Gasteiger partial charge on any atom is 0.261 e. The zero-order chi connectivity index (χ0) is 13.7. The Hall–Kier alpha value is -1.28. The van der Waals surface area contributed by atoms with E-state index < -0.39 is 13.0 Å². The van der Waals surface area contributed by atoms with Gasteiger partial charge in [0.1, 0.15) is 12.4 Å². The summed E-state index contributed by atoms with van der Waals surface area (Å²) >= 11 is 0. The number of hydrogen-bond acceptors (Lipinski definition) is 5. The van der Waals surface area contributed by atoms with E-state index in [1.165, 1.54) is 0 Å². The summed E-state index contributed by atoms with van der Waals surface area (Å²) in [5.74, 6) is 1.33. The van der Waals surface area contributed by atoms with E-state index in [-0.39, 0.29) is 6.61 Å². The highest BCUT2D eigenvalue weighted by Crippen LogP contribution is 2.10. The van der Waals surface area contributed by atoms with E-state index in [0.717, 1.165) is 19.6 Å². The van der Waals surface area contributed by atoms with Crippen LogP contribution in [0.25, 0.3) is 0 Å². The molecule has 1 aromatic rings. The Balaban J connectivity index is 1.78. The minimum atomic E-state index is -2.42. The van der Waals surface area contributed by atoms with Crippen molar-refractivity contribution in [1.82, 2.24) is 20.5 Å². The van der Waals surface area contributed by atoms with Gasteiger partial charge in [-0.15, -0.1) is 5.10 Å². The van der Waals surface area contributed by atoms with Gasteiger partial charge in [-0.25, -0.2) is 8.78 Å². The summed E-state index contributed by atoms with van der Waals surface area (Å²) in [6.07, 6.45) is -1.96. The first-order chi connectivity index (χ1) is 9.15. The molecule has 0 aromatic carbocycles. The largest absolute Gasteiger partial charge is 0.375 e. The van der Waals surface area contributed by atoms with Crippen molar-refractivity contribution in [2.24, 2.45) is 0 Å². The maximum absolute atomic E-state index is 11.9. The third kappa shape index (κ3) is 4.39. The maximum atomic E-state index is 11.9. The molecule has 108 valence electrons. The van der Waals surface area contributed by atoms with Crippen molar-refractivity contribution in [3.05, 3.63) is 5.82 Å². The summed E-state index contributed by atoms with van der Waals surface area (Å²) < 4.78 is 28.6. The molecule has 19 heavy (non-hydrogen) atoms. The summed E-state index contributed by atoms with van der Waals surface area (Å²) in [5.41, 5.74) is 0. The molecule has 1 aliphatic rings. The van der Waals surface area contributed by atoms with Gasteiger partial charge in [-0.2, -0.15) is 4.98 Å². The van der Waals surface area contributed by atoms with Crippen LogP contribution in [0, 0.1) is 0 Å². The molecule has 8 heteroatoms. The number of ether oxygens (including phenoxy) is 1. The number of hydrogen-bond donors (Lipinski definition) is 2. The highest BCUT2D eigenvalue weighted by Gasteiger charge is 2.19. The van der Waals surface area contributed by atoms with Gasteiger partial charge in [0.15, 0.2) is 0 Å². The zero-order valence-electron chi connectivity index (χ0n) is 10.9. The normalized spacial score (nSPS) is 20.2. The van der Waals surface area contributed by atoms with Gasteiger partial charge in [0.05, 0.1) is 6.61 Å². The lowest BCUT2D eigenvalue weighted by Crippen LogP contribution is -2.49. The Labute approximate surface area is 110 Å². The summed E-state index contributed by atoms with van der Waals surface area (Å²) in [6.45, 7) is 4.43. The summed E-state index contributed by atoms with van der Waals surface area (Å²) in [6, 6.07) is 0.407. The van der Waals surface area contributed by atoms with Crippen molar-refractivity contribution in [2.45, 2.75) is 25.8 Å². The molecule has 1 fully saturated rings. The lowest BCUT2D eigenvalue weighted by molar-refractivity contribution is 0.0183. The number of nitrogens with one attached hydrogen (secondary N) is 2. The average molecular weight is 275 g/mol. The van der Waals surface area contributed by atoms with Gasteiger partial charge >= 0.3 is 0 Å². The van der Waals surface area contributed by atoms with Crippen LogP contribution in [-0.4, -0.2) is 60.5 Å². The minimum absolute atomic E-state index is 0.219. The lowest BCUT2D eigenvalue weighted by Gasteiger charge is -2.30. The smallest absolute Gasteiger partial charge is 0.261 e. The molecule has 0 unspecified atom stereocenters. The molecule has 0 spiro atoms. The van der Waals surface area contributed by atoms with E-state index in [4.69, 9.17) is 4.74 Å². The van der Waals surface area contributed by atoms with Crippen LogP contribution in [0.1, 0.15) is 12.7 Å². The Morgan fingerprint density at radius 2 is 2.37 bits per heavy atom. The van der Waals surface area contributed by atoms with Crippen LogP contribution in [0.15, 0.2) is 0 Å². The number of alkyl halides is 2. The van der Waals surface area contributed by atoms with Crippen LogP contribution in [-0.2, 0) is 11.2 Å². The van der Waals surface area contributed by atoms with Gasteiger partial charge in [-0.05, 0) is 6.92 Å². The van der Waals surface area contributed by atoms with E-state index in [1.807, 2.05) is 0 Å². The van der Waals surface area contributed by atoms with Gasteiger partial charge in [-0.1, -0.05) is 0 Å². The van der Waals surface area contributed by atoms with Gasteiger partial charge in [0.2, 0.25) is 5.95 Å². The van der Waals surface area contributed by atoms with E-state index in [0.29, 0.717) is 24.2 Å². The standard InChI is InChI=1S/C11H19F2N5O/c1-8-6-18(4-3-14-8)11-15-10(16-17-11)2-5-19-7-9(12)13/h8-9,14H,2-7H2,1H3,(H,15,16,17)/t8-/m0/s1. The number of rotatable bonds is 6. The predicted octanol–water partition coefficient (Wildman–Crippen LogP) is 0.427. The number of aromatic amines is 1. The molecule has 6 nitrogen and oxygen atoms in total. The van der Waals surface area contributed by atoms with Crippen LogP contribution in [0.3, 0.4) is 0 Å². The highest BCUT2D eigenvalue weighted by atomic mass is 19.3. The minimum Gasteiger partial charge on any atom is -0.375 e. The number of anilines is 1. The molecule has 0 bridgehead atoms. The fourth-order valence-corrected chi connectivity index (χ4v) is 1.99. The van der Waals surface area contributed by atoms with Crippen LogP contribution in [0.5, 0.6) is 0 Å². The van der Waals surface area contributed by atoms with E-state index in [9.17, 15) is 8.78 Å². The molecule has 1 aliphatic heterocycles. The third-order valence-corrected chi connectivity index (χ3v) is 2.90. The molecule has 2 heterocycles. The number of piperazine rings is 1. The van der Waals surface area contributed by atoms with Gasteiger partial charge < -0.3 is 15.0 Å². The van der Waals surface area contributed by atoms with Crippen LogP contribution in [0.4, 0.5) is 14.7 Å². The first kappa shape index (κ1) is 14.1. The van der Waals surface area contributed by atoms with Crippen LogP contribution >= 0.6 is 0 Å². The first-order valence-corrected chi connectivity index (χ1v) is 6.40. The molecule has 0 aliphatic carbocycles. The molecular weight excluding hydrogens is 256 g/mol. The molecule has 0 radical (unpaired) electrons. The van der Waals surface area contributed by atoms with E-state index in [2.05, 4.69) is 32.3 Å². The van der Waals surface area contributed by atoms with E-state index in [1.54, 1.807) is 0 Å². The zero-order valence-corrected chi connectivity index (χ0v) is 10.9. The van der Waals surface area contributed by atoms with Crippen molar-refractivity contribution in [2.75, 3.05) is 37.7 Å². The van der Waals surface area contributed by atoms with Crippen molar-refractivity contribution in [3.8, 4) is 0 Å². The predicted molar refractivity (Wildman–Crippen MR) is 66.6 cm³/mol. The SMILES string of the molecule is C[C@H]1CN(c2n[nH]c(CCOCC(F)F)n2)CCN1. The van der Waals surface area contributed by atoms with Crippen LogP contribution in [0.2, 0.25) is 0 Å². The number of H-pyrrole nitrogens is 1. The third-order valence-electron chi connectivity index (χ3n) is 2.90. The summed E-state index contributed by atoms with van der Waals surface area (Å²) in [7, 11) is 0. The molecular formula is C11H19F2N5O. The fraction of sp³-hybridized carbons (Fsp3) is 0.818. The first-order valence-electron chi connectivity index (χ1n) is 6.40. The summed E-state index contributed by atoms with van der Waals surface area (Å²) in [5, 5.41) is 10.3. The van der Waals surface area contributed by atoms with Crippen molar-refractivity contribution >= 4 is 5.95 Å². The Kier molecular flexibility index (Phi) is 5.03. The second-order valence-corrected chi connectivity index (χ2v) is 4.60. The summed E-state index contributed by atoms with van der Waals surface area (Å²) in [4.78, 5) is 6.45. The monoisotopic (exact) mass is 275 g/mol. The molecule has 0 amide bonds. The molecule has 0 saturated carbocycles. The second-order valence-electron chi connectivity index (χ2n) is 4.60. The molecule has 2 rings (SSSR count). The Bertz CT molecular complexity index is 387. The average Bonchev–Trinajstić information content (AvgIpc) is 2.83.